The average Bonchev–Trinajstić information content (AvgIpc) is 3.32. The zero-order chi connectivity index (χ0) is 18.1. The maximum absolute atomic E-state index is 12.5. The molecule has 0 spiro atoms. The lowest BCUT2D eigenvalue weighted by molar-refractivity contribution is -0.133. The van der Waals surface area contributed by atoms with Crippen LogP contribution in [0.3, 0.4) is 0 Å². The van der Waals surface area contributed by atoms with Crippen LogP contribution >= 0.6 is 0 Å². The van der Waals surface area contributed by atoms with Crippen molar-refractivity contribution in [1.82, 2.24) is 24.9 Å². The van der Waals surface area contributed by atoms with Crippen LogP contribution in [0.2, 0.25) is 0 Å². The van der Waals surface area contributed by atoms with Gasteiger partial charge in [0.2, 0.25) is 5.91 Å². The highest BCUT2D eigenvalue weighted by Gasteiger charge is 2.23. The average molecular weight is 353 g/mol. The Kier molecular flexibility index (Phi) is 4.55. The van der Waals surface area contributed by atoms with E-state index in [1.807, 2.05) is 18.7 Å². The van der Waals surface area contributed by atoms with Crippen molar-refractivity contribution < 1.29 is 9.53 Å². The highest BCUT2D eigenvalue weighted by Crippen LogP contribution is 2.23. The summed E-state index contributed by atoms with van der Waals surface area (Å²) < 4.78 is 7.49. The van der Waals surface area contributed by atoms with Crippen LogP contribution in [-0.2, 0) is 16.1 Å². The van der Waals surface area contributed by atoms with Gasteiger partial charge >= 0.3 is 0 Å². The van der Waals surface area contributed by atoms with E-state index in [4.69, 9.17) is 4.74 Å². The van der Waals surface area contributed by atoms with E-state index in [0.717, 1.165) is 41.5 Å². The van der Waals surface area contributed by atoms with Gasteiger partial charge in [0.05, 0.1) is 11.6 Å². The maximum atomic E-state index is 12.5. The summed E-state index contributed by atoms with van der Waals surface area (Å²) in [4.78, 5) is 14.4. The van der Waals surface area contributed by atoms with Gasteiger partial charge in [0, 0.05) is 37.1 Å². The van der Waals surface area contributed by atoms with E-state index in [-0.39, 0.29) is 12.0 Å². The number of tetrazole rings is 1. The summed E-state index contributed by atoms with van der Waals surface area (Å²) in [6.07, 6.45) is 2.67. The number of ether oxygens (including phenoxy) is 1. The van der Waals surface area contributed by atoms with Gasteiger partial charge in [-0.05, 0) is 47.9 Å². The van der Waals surface area contributed by atoms with Crippen LogP contribution in [0, 0.1) is 6.92 Å². The van der Waals surface area contributed by atoms with Crippen LogP contribution in [0.5, 0.6) is 0 Å². The van der Waals surface area contributed by atoms with E-state index in [1.165, 1.54) is 0 Å². The molecule has 26 heavy (non-hydrogen) atoms. The van der Waals surface area contributed by atoms with Crippen molar-refractivity contribution >= 4 is 22.5 Å². The number of fused-ring (bicyclic) bond motifs is 3. The third kappa shape index (κ3) is 3.14. The van der Waals surface area contributed by atoms with E-state index in [9.17, 15) is 4.79 Å². The molecule has 3 heterocycles. The second-order valence-corrected chi connectivity index (χ2v) is 6.91. The second-order valence-electron chi connectivity index (χ2n) is 6.91. The van der Waals surface area contributed by atoms with Gasteiger partial charge in [-0.1, -0.05) is 19.1 Å². The number of hydrogen-bond donors (Lipinski definition) is 0. The lowest BCUT2D eigenvalue weighted by Gasteiger charge is -2.25. The van der Waals surface area contributed by atoms with Crippen LogP contribution in [-0.4, -0.2) is 50.1 Å². The van der Waals surface area contributed by atoms with Gasteiger partial charge in [-0.25, -0.2) is 0 Å². The largest absolute Gasteiger partial charge is 0.376 e. The molecule has 2 aromatic heterocycles. The van der Waals surface area contributed by atoms with Gasteiger partial charge in [0.25, 0.3) is 0 Å². The molecule has 7 nitrogen and oxygen atoms in total. The van der Waals surface area contributed by atoms with Gasteiger partial charge in [-0.15, -0.1) is 5.10 Å². The monoisotopic (exact) mass is 353 g/mol. The van der Waals surface area contributed by atoms with Gasteiger partial charge < -0.3 is 9.64 Å². The number of pyridine rings is 1. The Labute approximate surface area is 151 Å². The predicted octanol–water partition coefficient (Wildman–Crippen LogP) is 2.50. The van der Waals surface area contributed by atoms with Crippen LogP contribution in [0.4, 0.5) is 0 Å². The Balaban J connectivity index is 1.72. The number of benzene rings is 1. The van der Waals surface area contributed by atoms with E-state index in [0.29, 0.717) is 25.2 Å². The summed E-state index contributed by atoms with van der Waals surface area (Å²) in [7, 11) is 0. The topological polar surface area (TPSA) is 72.6 Å². The molecule has 4 rings (SSSR count). The SMILES string of the molecule is CCC(=O)N(Cc1cc2ccc(C)cc2n2nnnc12)C[C@H]1CCCO1. The van der Waals surface area contributed by atoms with Gasteiger partial charge in [0.1, 0.15) is 0 Å². The smallest absolute Gasteiger partial charge is 0.222 e. The third-order valence-corrected chi connectivity index (χ3v) is 4.96. The van der Waals surface area contributed by atoms with E-state index in [1.54, 1.807) is 4.52 Å². The summed E-state index contributed by atoms with van der Waals surface area (Å²) >= 11 is 0. The Morgan fingerprint density at radius 1 is 1.38 bits per heavy atom. The molecule has 0 aliphatic carbocycles. The first-order chi connectivity index (χ1) is 12.7. The predicted molar refractivity (Wildman–Crippen MR) is 97.7 cm³/mol. The molecule has 136 valence electrons. The fourth-order valence-electron chi connectivity index (χ4n) is 3.60. The molecule has 1 atom stereocenters. The van der Waals surface area contributed by atoms with Gasteiger partial charge in [-0.2, -0.15) is 4.52 Å². The first-order valence-electron chi connectivity index (χ1n) is 9.15. The molecule has 1 amide bonds. The van der Waals surface area contributed by atoms with Crippen LogP contribution in [0.15, 0.2) is 24.3 Å². The molecule has 0 unspecified atom stereocenters. The standard InChI is InChI=1S/C19H23N5O2/c1-3-18(25)23(12-16-5-4-8-26-16)11-15-10-14-7-6-13(2)9-17(14)24-19(15)20-21-22-24/h6-7,9-10,16H,3-5,8,11-12H2,1-2H3/t16-/m1/s1. The first-order valence-corrected chi connectivity index (χ1v) is 9.15. The molecule has 0 N–H and O–H groups in total. The summed E-state index contributed by atoms with van der Waals surface area (Å²) in [5, 5.41) is 13.3. The number of aromatic nitrogens is 4. The number of carbonyl (C=O) groups excluding carboxylic acids is 1. The van der Waals surface area contributed by atoms with Crippen molar-refractivity contribution in [2.24, 2.45) is 0 Å². The van der Waals surface area contributed by atoms with Crippen molar-refractivity contribution in [2.75, 3.05) is 13.2 Å². The summed E-state index contributed by atoms with van der Waals surface area (Å²) in [5.74, 6) is 0.120. The van der Waals surface area contributed by atoms with E-state index >= 15 is 0 Å². The number of rotatable bonds is 5. The zero-order valence-corrected chi connectivity index (χ0v) is 15.2. The molecule has 1 saturated heterocycles. The molecule has 1 aliphatic heterocycles. The van der Waals surface area contributed by atoms with E-state index < -0.39 is 0 Å². The van der Waals surface area contributed by atoms with Crippen molar-refractivity contribution in [2.45, 2.75) is 45.8 Å². The minimum atomic E-state index is 0.120. The Morgan fingerprint density at radius 2 is 2.27 bits per heavy atom. The highest BCUT2D eigenvalue weighted by molar-refractivity contribution is 5.84. The van der Waals surface area contributed by atoms with Crippen molar-refractivity contribution in [1.29, 1.82) is 0 Å². The second kappa shape index (κ2) is 6.99. The minimum Gasteiger partial charge on any atom is -0.376 e. The van der Waals surface area contributed by atoms with Gasteiger partial charge in [-0.3, -0.25) is 4.79 Å². The lowest BCUT2D eigenvalue weighted by atomic mass is 10.1. The Morgan fingerprint density at radius 3 is 3.04 bits per heavy atom. The lowest BCUT2D eigenvalue weighted by Crippen LogP contribution is -2.36. The number of hydrogen-bond acceptors (Lipinski definition) is 5. The molecule has 3 aromatic rings. The maximum Gasteiger partial charge on any atom is 0.222 e. The summed E-state index contributed by atoms with van der Waals surface area (Å²) in [5.41, 5.74) is 3.78. The molecule has 0 bridgehead atoms. The summed E-state index contributed by atoms with van der Waals surface area (Å²) in [6, 6.07) is 8.31. The van der Waals surface area contributed by atoms with Crippen LogP contribution in [0.25, 0.3) is 16.6 Å². The molecular weight excluding hydrogens is 330 g/mol. The fourth-order valence-corrected chi connectivity index (χ4v) is 3.60. The zero-order valence-electron chi connectivity index (χ0n) is 15.2. The molecule has 1 aliphatic rings. The number of amides is 1. The minimum absolute atomic E-state index is 0.120. The number of nitrogens with zero attached hydrogens (tertiary/aromatic N) is 5. The normalized spacial score (nSPS) is 17.2. The van der Waals surface area contributed by atoms with E-state index in [2.05, 4.69) is 39.8 Å². The summed E-state index contributed by atoms with van der Waals surface area (Å²) in [6.45, 7) is 5.83. The number of aryl methyl sites for hydroxylation is 1. The third-order valence-electron chi connectivity index (χ3n) is 4.96. The quantitative estimate of drug-likeness (QED) is 0.705. The van der Waals surface area contributed by atoms with Crippen molar-refractivity contribution in [3.05, 3.63) is 35.4 Å². The molecular formula is C19H23N5O2. The fraction of sp³-hybridized carbons (Fsp3) is 0.474. The Hall–Kier alpha value is -2.54. The van der Waals surface area contributed by atoms with Crippen LogP contribution in [0.1, 0.15) is 37.3 Å². The molecule has 7 heteroatoms. The van der Waals surface area contributed by atoms with Crippen LogP contribution < -0.4 is 0 Å². The molecule has 1 aromatic carbocycles. The first kappa shape index (κ1) is 16.9. The molecule has 0 saturated carbocycles. The Bertz CT molecular complexity index is 946. The van der Waals surface area contributed by atoms with Crippen molar-refractivity contribution in [3.8, 4) is 0 Å². The van der Waals surface area contributed by atoms with Crippen molar-refractivity contribution in [3.63, 3.8) is 0 Å². The molecule has 0 radical (unpaired) electrons. The number of carbonyl (C=O) groups is 1. The molecule has 1 fully saturated rings. The highest BCUT2D eigenvalue weighted by atomic mass is 16.5. The van der Waals surface area contributed by atoms with Gasteiger partial charge in [0.15, 0.2) is 5.65 Å².